The lowest BCUT2D eigenvalue weighted by Crippen LogP contribution is -2.50. The summed E-state index contributed by atoms with van der Waals surface area (Å²) in [7, 11) is 0. The molecule has 3 aromatic rings. The van der Waals surface area contributed by atoms with Crippen LogP contribution in [0.3, 0.4) is 0 Å². The second-order valence-electron chi connectivity index (χ2n) is 7.70. The number of ether oxygens (including phenoxy) is 1. The van der Waals surface area contributed by atoms with Gasteiger partial charge in [0.25, 0.3) is 0 Å². The van der Waals surface area contributed by atoms with Crippen LogP contribution in [0, 0.1) is 12.8 Å². The van der Waals surface area contributed by atoms with Gasteiger partial charge in [-0.2, -0.15) is 0 Å². The molecule has 2 atom stereocenters. The van der Waals surface area contributed by atoms with E-state index in [9.17, 15) is 9.59 Å². The van der Waals surface area contributed by atoms with Crippen LogP contribution in [0.1, 0.15) is 43.9 Å². The number of unbranched alkanes of at least 4 members (excludes halogenated alkanes) is 1. The highest BCUT2D eigenvalue weighted by Crippen LogP contribution is 2.41. The van der Waals surface area contributed by atoms with Gasteiger partial charge in [0.1, 0.15) is 0 Å². The van der Waals surface area contributed by atoms with Crippen molar-refractivity contribution >= 4 is 28.9 Å². The number of hydrogen-bond acceptors (Lipinski definition) is 4. The van der Waals surface area contributed by atoms with Crippen LogP contribution >= 0.6 is 0 Å². The van der Waals surface area contributed by atoms with Crippen LogP contribution in [0.5, 0.6) is 0 Å². The highest BCUT2D eigenvalue weighted by atomic mass is 16.5. The molecule has 0 fully saturated rings. The van der Waals surface area contributed by atoms with Crippen molar-refractivity contribution in [2.24, 2.45) is 5.92 Å². The number of esters is 1. The summed E-state index contributed by atoms with van der Waals surface area (Å²) in [6, 6.07) is 15.3. The fourth-order valence-electron chi connectivity index (χ4n) is 4.14. The molecule has 30 heavy (non-hydrogen) atoms. The Morgan fingerprint density at radius 1 is 1.10 bits per heavy atom. The van der Waals surface area contributed by atoms with Crippen LogP contribution in [0.4, 0.5) is 5.95 Å². The quantitative estimate of drug-likeness (QED) is 0.454. The van der Waals surface area contributed by atoms with Gasteiger partial charge in [-0.05, 0) is 38.0 Å². The number of imidazole rings is 1. The molecule has 0 N–H and O–H groups in total. The normalized spacial score (nSPS) is 18.5. The molecular weight excluding hydrogens is 378 g/mol. The van der Waals surface area contributed by atoms with E-state index >= 15 is 0 Å². The Balaban J connectivity index is 1.97. The molecule has 0 aliphatic carbocycles. The Morgan fingerprint density at radius 2 is 1.83 bits per heavy atom. The minimum absolute atomic E-state index is 0.232. The van der Waals surface area contributed by atoms with Gasteiger partial charge in [0, 0.05) is 6.54 Å². The van der Waals surface area contributed by atoms with Gasteiger partial charge < -0.3 is 9.30 Å². The van der Waals surface area contributed by atoms with E-state index in [4.69, 9.17) is 9.72 Å². The lowest BCUT2D eigenvalue weighted by molar-refractivity contribution is -0.153. The summed E-state index contributed by atoms with van der Waals surface area (Å²) in [5.74, 6) is -1.08. The SMILES string of the molecule is CCCCN1C(=O)C(C(=O)OCC)C(c2ccc(C)cc2)n2c1nc1ccccc12. The Hall–Kier alpha value is -3.15. The summed E-state index contributed by atoms with van der Waals surface area (Å²) in [5.41, 5.74) is 3.73. The lowest BCUT2D eigenvalue weighted by atomic mass is 9.89. The fraction of sp³-hybridized carbons (Fsp3) is 0.375. The number of amides is 1. The number of benzene rings is 2. The summed E-state index contributed by atoms with van der Waals surface area (Å²) in [6.07, 6.45) is 1.77. The summed E-state index contributed by atoms with van der Waals surface area (Å²) in [6.45, 7) is 6.61. The van der Waals surface area contributed by atoms with E-state index in [-0.39, 0.29) is 12.5 Å². The molecule has 4 rings (SSSR count). The second-order valence-corrected chi connectivity index (χ2v) is 7.70. The number of carbonyl (C=O) groups excluding carboxylic acids is 2. The third-order valence-corrected chi connectivity index (χ3v) is 5.64. The fourth-order valence-corrected chi connectivity index (χ4v) is 4.14. The number of para-hydroxylation sites is 2. The molecule has 6 nitrogen and oxygen atoms in total. The zero-order chi connectivity index (χ0) is 21.3. The van der Waals surface area contributed by atoms with E-state index in [1.165, 1.54) is 0 Å². The van der Waals surface area contributed by atoms with Crippen molar-refractivity contribution in [3.05, 3.63) is 59.7 Å². The minimum Gasteiger partial charge on any atom is -0.465 e. The highest BCUT2D eigenvalue weighted by Gasteiger charge is 2.47. The van der Waals surface area contributed by atoms with Crippen molar-refractivity contribution in [2.45, 2.75) is 39.7 Å². The molecule has 1 aliphatic heterocycles. The third-order valence-electron chi connectivity index (χ3n) is 5.64. The summed E-state index contributed by atoms with van der Waals surface area (Å²) < 4.78 is 7.40. The first-order chi connectivity index (χ1) is 14.6. The first-order valence-corrected chi connectivity index (χ1v) is 10.6. The van der Waals surface area contributed by atoms with Crippen molar-refractivity contribution in [3.63, 3.8) is 0 Å². The lowest BCUT2D eigenvalue weighted by Gasteiger charge is -2.38. The monoisotopic (exact) mass is 405 g/mol. The average Bonchev–Trinajstić information content (AvgIpc) is 3.12. The summed E-state index contributed by atoms with van der Waals surface area (Å²) >= 11 is 0. The average molecular weight is 405 g/mol. The van der Waals surface area contributed by atoms with Crippen molar-refractivity contribution < 1.29 is 14.3 Å². The summed E-state index contributed by atoms with van der Waals surface area (Å²) in [5, 5.41) is 0. The maximum atomic E-state index is 13.6. The topological polar surface area (TPSA) is 64.4 Å². The Kier molecular flexibility index (Phi) is 5.57. The molecule has 2 aromatic carbocycles. The number of nitrogens with zero attached hydrogens (tertiary/aromatic N) is 3. The van der Waals surface area contributed by atoms with Crippen molar-refractivity contribution in [1.82, 2.24) is 9.55 Å². The molecule has 6 heteroatoms. The maximum absolute atomic E-state index is 13.6. The largest absolute Gasteiger partial charge is 0.465 e. The number of aromatic nitrogens is 2. The third kappa shape index (κ3) is 3.36. The molecule has 0 radical (unpaired) electrons. The molecule has 1 aromatic heterocycles. The highest BCUT2D eigenvalue weighted by molar-refractivity contribution is 6.08. The Bertz CT molecular complexity index is 1070. The number of aryl methyl sites for hydroxylation is 1. The molecule has 156 valence electrons. The molecule has 2 unspecified atom stereocenters. The predicted molar refractivity (Wildman–Crippen MR) is 116 cm³/mol. The second kappa shape index (κ2) is 8.30. The van der Waals surface area contributed by atoms with Gasteiger partial charge in [-0.1, -0.05) is 55.3 Å². The van der Waals surface area contributed by atoms with E-state index in [2.05, 4.69) is 6.92 Å². The van der Waals surface area contributed by atoms with Gasteiger partial charge in [-0.15, -0.1) is 0 Å². The van der Waals surface area contributed by atoms with E-state index in [1.54, 1.807) is 11.8 Å². The molecule has 1 amide bonds. The van der Waals surface area contributed by atoms with Crippen molar-refractivity contribution in [2.75, 3.05) is 18.1 Å². The zero-order valence-electron chi connectivity index (χ0n) is 17.7. The number of anilines is 1. The summed E-state index contributed by atoms with van der Waals surface area (Å²) in [4.78, 5) is 33.1. The molecular formula is C24H27N3O3. The Labute approximate surface area is 176 Å². The van der Waals surface area contributed by atoms with Gasteiger partial charge in [0.2, 0.25) is 11.9 Å². The molecule has 0 bridgehead atoms. The molecule has 0 saturated carbocycles. The van der Waals surface area contributed by atoms with Crippen LogP contribution < -0.4 is 4.90 Å². The predicted octanol–water partition coefficient (Wildman–Crippen LogP) is 4.26. The van der Waals surface area contributed by atoms with Crippen LogP contribution in [-0.4, -0.2) is 34.6 Å². The van der Waals surface area contributed by atoms with E-state index in [1.807, 2.05) is 60.0 Å². The number of fused-ring (bicyclic) bond motifs is 3. The minimum atomic E-state index is -0.949. The standard InChI is InChI=1S/C24H27N3O3/c1-4-6-15-26-22(28)20(23(29)30-5-2)21(17-13-11-16(3)12-14-17)27-19-10-8-7-9-18(19)25-24(26)27/h7-14,20-21H,4-6,15H2,1-3H3. The van der Waals surface area contributed by atoms with Gasteiger partial charge >= 0.3 is 5.97 Å². The Morgan fingerprint density at radius 3 is 2.53 bits per heavy atom. The van der Waals surface area contributed by atoms with Crippen molar-refractivity contribution in [3.8, 4) is 0 Å². The maximum Gasteiger partial charge on any atom is 0.321 e. The zero-order valence-corrected chi connectivity index (χ0v) is 17.7. The smallest absolute Gasteiger partial charge is 0.321 e. The van der Waals surface area contributed by atoms with Crippen LogP contribution in [0.15, 0.2) is 48.5 Å². The van der Waals surface area contributed by atoms with Gasteiger partial charge in [0.05, 0.1) is 23.7 Å². The molecule has 0 saturated heterocycles. The first-order valence-electron chi connectivity index (χ1n) is 10.6. The van der Waals surface area contributed by atoms with Crippen LogP contribution in [-0.2, 0) is 14.3 Å². The molecule has 0 spiro atoms. The number of rotatable bonds is 6. The molecule has 2 heterocycles. The molecule has 1 aliphatic rings. The number of carbonyl (C=O) groups is 2. The van der Waals surface area contributed by atoms with E-state index < -0.39 is 17.9 Å². The van der Waals surface area contributed by atoms with Crippen LogP contribution in [0.25, 0.3) is 11.0 Å². The first kappa shape index (κ1) is 20.1. The van der Waals surface area contributed by atoms with Crippen molar-refractivity contribution in [1.29, 1.82) is 0 Å². The van der Waals surface area contributed by atoms with E-state index in [0.717, 1.165) is 35.0 Å². The van der Waals surface area contributed by atoms with Gasteiger partial charge in [-0.3, -0.25) is 14.5 Å². The van der Waals surface area contributed by atoms with Crippen LogP contribution in [0.2, 0.25) is 0 Å². The van der Waals surface area contributed by atoms with Gasteiger partial charge in [-0.25, -0.2) is 4.98 Å². The number of hydrogen-bond donors (Lipinski definition) is 0. The van der Waals surface area contributed by atoms with Gasteiger partial charge in [0.15, 0.2) is 5.92 Å². The van der Waals surface area contributed by atoms with E-state index in [0.29, 0.717) is 12.5 Å².